The molecule has 1 atom stereocenters. The maximum Gasteiger partial charge on any atom is 0.101 e. The minimum atomic E-state index is -0.0528. The summed E-state index contributed by atoms with van der Waals surface area (Å²) in [4.78, 5) is 2.33. The first-order valence-electron chi connectivity index (χ1n) is 8.77. The van der Waals surface area contributed by atoms with Gasteiger partial charge in [-0.15, -0.1) is 0 Å². The molecule has 136 valence electrons. The molecular weight excluding hydrogens is 367 g/mol. The minimum Gasteiger partial charge on any atom is -0.377 e. The Balaban J connectivity index is 1.86. The highest BCUT2D eigenvalue weighted by atomic mass is 35.5. The molecule has 0 radical (unpaired) electrons. The molecule has 1 aliphatic heterocycles. The predicted molar refractivity (Wildman–Crippen MR) is 110 cm³/mol. The first-order chi connectivity index (χ1) is 12.6. The number of hydrogen-bond donors (Lipinski definition) is 2. The van der Waals surface area contributed by atoms with Crippen LogP contribution >= 0.6 is 23.2 Å². The predicted octanol–water partition coefficient (Wildman–Crippen LogP) is 4.34. The summed E-state index contributed by atoms with van der Waals surface area (Å²) in [6.07, 6.45) is 6.47. The summed E-state index contributed by atoms with van der Waals surface area (Å²) in [5.41, 5.74) is 3.53. The zero-order valence-electron chi connectivity index (χ0n) is 14.7. The van der Waals surface area contributed by atoms with Crippen molar-refractivity contribution in [1.29, 1.82) is 5.26 Å². The molecule has 0 spiro atoms. The SMILES string of the molecule is CC(Nc1cc(N2CCNCC2)ccc1C#N)C1=C(Cl)C=C(Cl)CC=C1. The Bertz CT molecular complexity index is 799. The van der Waals surface area contributed by atoms with Crippen molar-refractivity contribution in [2.75, 3.05) is 36.4 Å². The molecule has 6 heteroatoms. The van der Waals surface area contributed by atoms with Crippen LogP contribution in [0.25, 0.3) is 0 Å². The second-order valence-electron chi connectivity index (χ2n) is 6.45. The number of nitrogens with zero attached hydrogens (tertiary/aromatic N) is 2. The fraction of sp³-hybridized carbons (Fsp3) is 0.350. The molecular formula is C20H22Cl2N4. The summed E-state index contributed by atoms with van der Waals surface area (Å²) in [6.45, 7) is 5.90. The van der Waals surface area contributed by atoms with E-state index in [0.717, 1.165) is 43.1 Å². The van der Waals surface area contributed by atoms with Gasteiger partial charge in [-0.1, -0.05) is 35.4 Å². The van der Waals surface area contributed by atoms with Crippen molar-refractivity contribution in [2.24, 2.45) is 0 Å². The van der Waals surface area contributed by atoms with Crippen molar-refractivity contribution in [1.82, 2.24) is 5.32 Å². The monoisotopic (exact) mass is 388 g/mol. The number of allylic oxidation sites excluding steroid dienone is 4. The molecule has 26 heavy (non-hydrogen) atoms. The lowest BCUT2D eigenvalue weighted by Gasteiger charge is -2.30. The molecule has 2 N–H and O–H groups in total. The molecule has 1 fully saturated rings. The topological polar surface area (TPSA) is 51.1 Å². The second kappa shape index (κ2) is 8.64. The summed E-state index contributed by atoms with van der Waals surface area (Å²) < 4.78 is 0. The molecule has 1 heterocycles. The van der Waals surface area contributed by atoms with E-state index in [1.165, 1.54) is 0 Å². The van der Waals surface area contributed by atoms with E-state index in [1.54, 1.807) is 6.08 Å². The van der Waals surface area contributed by atoms with E-state index >= 15 is 0 Å². The number of hydrogen-bond acceptors (Lipinski definition) is 4. The number of rotatable bonds is 4. The smallest absolute Gasteiger partial charge is 0.101 e. The lowest BCUT2D eigenvalue weighted by Crippen LogP contribution is -2.43. The van der Waals surface area contributed by atoms with Crippen LogP contribution in [0.3, 0.4) is 0 Å². The third kappa shape index (κ3) is 4.42. The van der Waals surface area contributed by atoms with E-state index in [0.29, 0.717) is 22.0 Å². The summed E-state index contributed by atoms with van der Waals surface area (Å²) in [5, 5.41) is 17.6. The molecule has 1 aromatic rings. The zero-order chi connectivity index (χ0) is 18.5. The molecule has 1 aliphatic carbocycles. The first kappa shape index (κ1) is 18.8. The Morgan fingerprint density at radius 2 is 2.04 bits per heavy atom. The molecule has 1 unspecified atom stereocenters. The highest BCUT2D eigenvalue weighted by Crippen LogP contribution is 2.29. The van der Waals surface area contributed by atoms with Gasteiger partial charge in [0.15, 0.2) is 0 Å². The largest absolute Gasteiger partial charge is 0.377 e. The number of halogens is 2. The van der Waals surface area contributed by atoms with Gasteiger partial charge in [-0.05, 0) is 36.8 Å². The maximum absolute atomic E-state index is 9.48. The zero-order valence-corrected chi connectivity index (χ0v) is 16.2. The van der Waals surface area contributed by atoms with Crippen LogP contribution in [0.1, 0.15) is 18.9 Å². The normalized spacial score (nSPS) is 18.8. The van der Waals surface area contributed by atoms with Crippen LogP contribution in [0.4, 0.5) is 11.4 Å². The maximum atomic E-state index is 9.48. The van der Waals surface area contributed by atoms with Crippen molar-refractivity contribution >= 4 is 34.6 Å². The average molecular weight is 389 g/mol. The molecule has 1 aromatic carbocycles. The number of benzene rings is 1. The van der Waals surface area contributed by atoms with Crippen LogP contribution in [0.15, 0.2) is 52.1 Å². The molecule has 0 aromatic heterocycles. The first-order valence-corrected chi connectivity index (χ1v) is 9.52. The van der Waals surface area contributed by atoms with Gasteiger partial charge in [-0.25, -0.2) is 0 Å². The van der Waals surface area contributed by atoms with Crippen LogP contribution in [-0.4, -0.2) is 32.2 Å². The van der Waals surface area contributed by atoms with E-state index < -0.39 is 0 Å². The van der Waals surface area contributed by atoms with Crippen molar-refractivity contribution in [3.8, 4) is 6.07 Å². The summed E-state index contributed by atoms with van der Waals surface area (Å²) in [7, 11) is 0. The van der Waals surface area contributed by atoms with Crippen LogP contribution in [0.2, 0.25) is 0 Å². The highest BCUT2D eigenvalue weighted by Gasteiger charge is 2.16. The summed E-state index contributed by atoms with van der Waals surface area (Å²) in [6, 6.07) is 8.16. The number of piperazine rings is 1. The van der Waals surface area contributed by atoms with Gasteiger partial charge in [-0.3, -0.25) is 0 Å². The molecule has 2 aliphatic rings. The summed E-state index contributed by atoms with van der Waals surface area (Å²) in [5.74, 6) is 0. The van der Waals surface area contributed by atoms with E-state index in [-0.39, 0.29) is 6.04 Å². The van der Waals surface area contributed by atoms with Crippen molar-refractivity contribution in [3.05, 3.63) is 57.6 Å². The van der Waals surface area contributed by atoms with Crippen LogP contribution < -0.4 is 15.5 Å². The van der Waals surface area contributed by atoms with E-state index in [9.17, 15) is 5.26 Å². The van der Waals surface area contributed by atoms with Gasteiger partial charge < -0.3 is 15.5 Å². The molecule has 4 nitrogen and oxygen atoms in total. The van der Waals surface area contributed by atoms with Crippen LogP contribution in [0.5, 0.6) is 0 Å². The molecule has 0 saturated carbocycles. The van der Waals surface area contributed by atoms with Gasteiger partial charge in [-0.2, -0.15) is 5.26 Å². The van der Waals surface area contributed by atoms with E-state index in [4.69, 9.17) is 23.2 Å². The van der Waals surface area contributed by atoms with Gasteiger partial charge >= 0.3 is 0 Å². The third-order valence-electron chi connectivity index (χ3n) is 4.61. The van der Waals surface area contributed by atoms with Crippen molar-refractivity contribution < 1.29 is 0 Å². The van der Waals surface area contributed by atoms with E-state index in [1.807, 2.05) is 31.2 Å². The van der Waals surface area contributed by atoms with Gasteiger partial charge in [0, 0.05) is 48.4 Å². The van der Waals surface area contributed by atoms with Crippen LogP contribution in [0, 0.1) is 11.3 Å². The number of nitriles is 1. The van der Waals surface area contributed by atoms with Gasteiger partial charge in [0.1, 0.15) is 6.07 Å². The standard InChI is InChI=1S/C20H22Cl2N4/c1-14(18-4-2-3-16(21)11-19(18)22)25-20-12-17(6-5-15(20)13-23)26-9-7-24-8-10-26/h2,4-6,11-12,14,24-25H,3,7-10H2,1H3. The number of nitrogens with one attached hydrogen (secondary N) is 2. The van der Waals surface area contributed by atoms with Gasteiger partial charge in [0.2, 0.25) is 0 Å². The van der Waals surface area contributed by atoms with Crippen molar-refractivity contribution in [3.63, 3.8) is 0 Å². The van der Waals surface area contributed by atoms with E-state index in [2.05, 4.69) is 27.7 Å². The fourth-order valence-electron chi connectivity index (χ4n) is 3.19. The Morgan fingerprint density at radius 1 is 1.27 bits per heavy atom. The third-order valence-corrected chi connectivity index (χ3v) is 5.20. The van der Waals surface area contributed by atoms with Gasteiger partial charge in [0.25, 0.3) is 0 Å². The average Bonchev–Trinajstić information content (AvgIpc) is 2.82. The Morgan fingerprint density at radius 3 is 2.77 bits per heavy atom. The Hall–Kier alpha value is -1.93. The van der Waals surface area contributed by atoms with Crippen molar-refractivity contribution in [2.45, 2.75) is 19.4 Å². The minimum absolute atomic E-state index is 0.0528. The Kier molecular flexibility index (Phi) is 6.26. The van der Waals surface area contributed by atoms with Crippen LogP contribution in [-0.2, 0) is 0 Å². The highest BCUT2D eigenvalue weighted by molar-refractivity contribution is 6.35. The molecule has 0 amide bonds. The Labute approximate surface area is 164 Å². The summed E-state index contributed by atoms with van der Waals surface area (Å²) >= 11 is 12.5. The fourth-order valence-corrected chi connectivity index (χ4v) is 3.80. The quantitative estimate of drug-likeness (QED) is 0.804. The van der Waals surface area contributed by atoms with Gasteiger partial charge in [0.05, 0.1) is 17.3 Å². The number of anilines is 2. The second-order valence-corrected chi connectivity index (χ2v) is 7.34. The molecule has 0 bridgehead atoms. The lowest BCUT2D eigenvalue weighted by molar-refractivity contribution is 0.589. The molecule has 3 rings (SSSR count). The molecule has 1 saturated heterocycles. The lowest BCUT2D eigenvalue weighted by atomic mass is 10.1.